The highest BCUT2D eigenvalue weighted by Gasteiger charge is 2.50. The Kier molecular flexibility index (Phi) is 4.18. The van der Waals surface area contributed by atoms with Gasteiger partial charge in [-0.15, -0.1) is 0 Å². The van der Waals surface area contributed by atoms with Crippen molar-refractivity contribution in [2.45, 2.75) is 44.6 Å². The first-order valence-electron chi connectivity index (χ1n) is 9.92. The van der Waals surface area contributed by atoms with Crippen LogP contribution >= 0.6 is 15.9 Å². The highest BCUT2D eigenvalue weighted by Crippen LogP contribution is 2.55. The number of fused-ring (bicyclic) bond motifs is 1. The predicted molar refractivity (Wildman–Crippen MR) is 102 cm³/mol. The number of nitrogens with zero attached hydrogens (tertiary/aromatic N) is 1. The van der Waals surface area contributed by atoms with E-state index in [2.05, 4.69) is 20.8 Å². The fourth-order valence-electron chi connectivity index (χ4n) is 6.22. The zero-order valence-electron chi connectivity index (χ0n) is 15.2. The standard InChI is InChI=1S/C21H26BrNO3/c1-23(21-15-5-12-4-13(7-15)8-16(21)6-12)20(24)10-14-9-18-19(11-17(14)22)26-3-2-25-18/h9,11-13,15-16,21H,2-8,10H2,1H3. The minimum atomic E-state index is 0.222. The second-order valence-electron chi connectivity index (χ2n) is 8.69. The molecular formula is C21H26BrNO3. The quantitative estimate of drug-likeness (QED) is 0.741. The van der Waals surface area contributed by atoms with E-state index in [1.54, 1.807) is 0 Å². The number of hydrogen-bond acceptors (Lipinski definition) is 3. The summed E-state index contributed by atoms with van der Waals surface area (Å²) in [6.45, 7) is 1.14. The second kappa shape index (κ2) is 6.43. The Hall–Kier alpha value is -1.23. The van der Waals surface area contributed by atoms with Gasteiger partial charge < -0.3 is 14.4 Å². The summed E-state index contributed by atoms with van der Waals surface area (Å²) in [4.78, 5) is 15.2. The van der Waals surface area contributed by atoms with Crippen molar-refractivity contribution in [2.75, 3.05) is 20.3 Å². The van der Waals surface area contributed by atoms with Crippen molar-refractivity contribution in [3.05, 3.63) is 22.2 Å². The molecule has 0 aromatic heterocycles. The van der Waals surface area contributed by atoms with Crippen LogP contribution in [0.1, 0.15) is 37.7 Å². The van der Waals surface area contributed by atoms with E-state index in [-0.39, 0.29) is 5.91 Å². The van der Waals surface area contributed by atoms with Crippen LogP contribution in [0.4, 0.5) is 0 Å². The van der Waals surface area contributed by atoms with Gasteiger partial charge in [0.1, 0.15) is 13.2 Å². The molecule has 4 nitrogen and oxygen atoms in total. The van der Waals surface area contributed by atoms with Gasteiger partial charge in [-0.2, -0.15) is 0 Å². The molecule has 4 aliphatic carbocycles. The zero-order valence-corrected chi connectivity index (χ0v) is 16.8. The number of halogens is 1. The maximum atomic E-state index is 13.1. The first kappa shape index (κ1) is 16.9. The van der Waals surface area contributed by atoms with Crippen LogP contribution in [0.5, 0.6) is 11.5 Å². The lowest BCUT2D eigenvalue weighted by Crippen LogP contribution is -2.56. The van der Waals surface area contributed by atoms with Crippen LogP contribution in [-0.2, 0) is 11.2 Å². The molecule has 140 valence electrons. The molecule has 4 saturated carbocycles. The molecule has 0 saturated heterocycles. The molecule has 0 N–H and O–H groups in total. The Morgan fingerprint density at radius 1 is 1.04 bits per heavy atom. The molecule has 0 spiro atoms. The number of carbonyl (C=O) groups is 1. The van der Waals surface area contributed by atoms with Crippen molar-refractivity contribution < 1.29 is 14.3 Å². The Labute approximate surface area is 163 Å². The van der Waals surface area contributed by atoms with E-state index in [4.69, 9.17) is 9.47 Å². The topological polar surface area (TPSA) is 38.8 Å². The van der Waals surface area contributed by atoms with Gasteiger partial charge in [0.15, 0.2) is 11.5 Å². The van der Waals surface area contributed by atoms with Crippen molar-refractivity contribution in [3.63, 3.8) is 0 Å². The number of amides is 1. The monoisotopic (exact) mass is 419 g/mol. The third kappa shape index (κ3) is 2.83. The molecule has 1 aliphatic heterocycles. The van der Waals surface area contributed by atoms with Gasteiger partial charge in [0.2, 0.25) is 5.91 Å². The molecule has 1 aromatic carbocycles. The lowest BCUT2D eigenvalue weighted by molar-refractivity contribution is -0.140. The van der Waals surface area contributed by atoms with Gasteiger partial charge in [0, 0.05) is 17.6 Å². The molecule has 4 fully saturated rings. The minimum absolute atomic E-state index is 0.222. The Balaban J connectivity index is 1.33. The van der Waals surface area contributed by atoms with Crippen molar-refractivity contribution in [1.29, 1.82) is 0 Å². The third-order valence-corrected chi connectivity index (χ3v) is 7.81. The summed E-state index contributed by atoms with van der Waals surface area (Å²) >= 11 is 3.60. The van der Waals surface area contributed by atoms with Crippen molar-refractivity contribution >= 4 is 21.8 Å². The first-order valence-corrected chi connectivity index (χ1v) is 10.7. The number of likely N-dealkylation sites (N-methyl/N-ethyl adjacent to an activating group) is 1. The molecule has 1 amide bonds. The van der Waals surface area contributed by atoms with Crippen LogP contribution in [-0.4, -0.2) is 37.1 Å². The van der Waals surface area contributed by atoms with Gasteiger partial charge in [-0.25, -0.2) is 0 Å². The van der Waals surface area contributed by atoms with Crippen LogP contribution in [0.3, 0.4) is 0 Å². The predicted octanol–water partition coefficient (Wildman–Crippen LogP) is 4.05. The molecule has 1 heterocycles. The van der Waals surface area contributed by atoms with E-state index in [1.807, 2.05) is 19.2 Å². The van der Waals surface area contributed by atoms with Crippen molar-refractivity contribution in [2.24, 2.45) is 23.7 Å². The van der Waals surface area contributed by atoms with Gasteiger partial charge in [-0.3, -0.25) is 4.79 Å². The van der Waals surface area contributed by atoms with Crippen LogP contribution in [0.15, 0.2) is 16.6 Å². The number of hydrogen-bond donors (Lipinski definition) is 0. The number of ether oxygens (including phenoxy) is 2. The van der Waals surface area contributed by atoms with E-state index < -0.39 is 0 Å². The summed E-state index contributed by atoms with van der Waals surface area (Å²) in [7, 11) is 2.03. The van der Waals surface area contributed by atoms with E-state index in [9.17, 15) is 4.79 Å². The summed E-state index contributed by atoms with van der Waals surface area (Å²) in [5.41, 5.74) is 0.981. The molecule has 5 aliphatic rings. The van der Waals surface area contributed by atoms with Crippen LogP contribution in [0, 0.1) is 23.7 Å². The highest BCUT2D eigenvalue weighted by molar-refractivity contribution is 9.10. The van der Waals surface area contributed by atoms with Gasteiger partial charge >= 0.3 is 0 Å². The van der Waals surface area contributed by atoms with Crippen molar-refractivity contribution in [3.8, 4) is 11.5 Å². The molecule has 0 atom stereocenters. The average molecular weight is 420 g/mol. The summed E-state index contributed by atoms with van der Waals surface area (Å²) in [5.74, 6) is 5.05. The van der Waals surface area contributed by atoms with Crippen LogP contribution in [0.25, 0.3) is 0 Å². The van der Waals surface area contributed by atoms with Crippen molar-refractivity contribution in [1.82, 2.24) is 4.90 Å². The van der Waals surface area contributed by atoms with Gasteiger partial charge in [-0.1, -0.05) is 15.9 Å². The fourth-order valence-corrected chi connectivity index (χ4v) is 6.69. The maximum Gasteiger partial charge on any atom is 0.227 e. The number of carbonyl (C=O) groups excluding carboxylic acids is 1. The summed E-state index contributed by atoms with van der Waals surface area (Å²) in [5, 5.41) is 0. The molecule has 0 unspecified atom stereocenters. The smallest absolute Gasteiger partial charge is 0.227 e. The SMILES string of the molecule is CN(C(=O)Cc1cc2c(cc1Br)OCCO2)C1C2CC3CC(C2)CC1C3. The van der Waals surface area contributed by atoms with E-state index in [0.29, 0.717) is 25.7 Å². The normalized spacial score (nSPS) is 34.0. The molecular weight excluding hydrogens is 394 g/mol. The largest absolute Gasteiger partial charge is 0.486 e. The van der Waals surface area contributed by atoms with Gasteiger partial charge in [0.25, 0.3) is 0 Å². The lowest BCUT2D eigenvalue weighted by atomic mass is 9.54. The fraction of sp³-hybridized carbons (Fsp3) is 0.667. The molecule has 6 rings (SSSR count). The molecule has 0 radical (unpaired) electrons. The number of benzene rings is 1. The Bertz CT molecular complexity index is 706. The van der Waals surface area contributed by atoms with E-state index >= 15 is 0 Å². The number of rotatable bonds is 3. The molecule has 5 heteroatoms. The van der Waals surface area contributed by atoms with Gasteiger partial charge in [-0.05, 0) is 73.5 Å². The van der Waals surface area contributed by atoms with Crippen LogP contribution < -0.4 is 9.47 Å². The average Bonchev–Trinajstić information content (AvgIpc) is 2.61. The molecule has 1 aromatic rings. The lowest BCUT2D eigenvalue weighted by Gasteiger charge is -2.56. The zero-order chi connectivity index (χ0) is 17.8. The first-order chi connectivity index (χ1) is 12.6. The van der Waals surface area contributed by atoms with Crippen LogP contribution in [0.2, 0.25) is 0 Å². The maximum absolute atomic E-state index is 13.1. The summed E-state index contributed by atoms with van der Waals surface area (Å²) < 4.78 is 12.2. The minimum Gasteiger partial charge on any atom is -0.486 e. The van der Waals surface area contributed by atoms with E-state index in [0.717, 1.165) is 45.2 Å². The van der Waals surface area contributed by atoms with E-state index in [1.165, 1.54) is 32.1 Å². The molecule has 4 bridgehead atoms. The highest BCUT2D eigenvalue weighted by atomic mass is 79.9. The Morgan fingerprint density at radius 2 is 1.62 bits per heavy atom. The summed E-state index contributed by atoms with van der Waals surface area (Å²) in [6.07, 6.45) is 7.20. The second-order valence-corrected chi connectivity index (χ2v) is 9.54. The van der Waals surface area contributed by atoms with Gasteiger partial charge in [0.05, 0.1) is 6.42 Å². The molecule has 26 heavy (non-hydrogen) atoms. The third-order valence-electron chi connectivity index (χ3n) is 7.07. The summed E-state index contributed by atoms with van der Waals surface area (Å²) in [6, 6.07) is 4.34. The Morgan fingerprint density at radius 3 is 2.23 bits per heavy atom.